The Morgan fingerprint density at radius 1 is 1.00 bits per heavy atom. The van der Waals surface area contributed by atoms with E-state index in [-0.39, 0.29) is 4.90 Å². The van der Waals surface area contributed by atoms with Crippen molar-refractivity contribution in [3.8, 4) is 17.4 Å². The molecule has 0 bridgehead atoms. The minimum Gasteiger partial charge on any atom is -0.439 e. The largest absolute Gasteiger partial charge is 0.439 e. The molecule has 0 amide bonds. The van der Waals surface area contributed by atoms with E-state index >= 15 is 0 Å². The van der Waals surface area contributed by atoms with Gasteiger partial charge < -0.3 is 4.74 Å². The van der Waals surface area contributed by atoms with Crippen molar-refractivity contribution in [2.24, 2.45) is 0 Å². The van der Waals surface area contributed by atoms with Crippen LogP contribution in [0.5, 0.6) is 11.6 Å². The average Bonchev–Trinajstić information content (AvgIpc) is 3.14. The summed E-state index contributed by atoms with van der Waals surface area (Å²) in [6, 6.07) is 11.6. The molecule has 2 aromatic heterocycles. The van der Waals surface area contributed by atoms with Gasteiger partial charge in [0.15, 0.2) is 0 Å². The van der Waals surface area contributed by atoms with Crippen LogP contribution in [-0.2, 0) is 10.0 Å². The Kier molecular flexibility index (Phi) is 5.62. The minimum absolute atomic E-state index is 0.0120. The molecule has 164 valence electrons. The van der Waals surface area contributed by atoms with Crippen molar-refractivity contribution >= 4 is 15.7 Å². The van der Waals surface area contributed by atoms with E-state index in [1.54, 1.807) is 49.6 Å². The average molecular weight is 453 g/mol. The smallest absolute Gasteiger partial charge is 0.262 e. The van der Waals surface area contributed by atoms with Crippen LogP contribution in [0.2, 0.25) is 0 Å². The van der Waals surface area contributed by atoms with E-state index in [1.807, 2.05) is 11.5 Å². The standard InChI is InChI=1S/C22H20FN5O3S/c1-14-12-17(23)4-9-20(14)32(29,30)27-18-5-7-19(8-6-18)31-22-13-21(25-15(2)26-22)28-11-10-24-16(28)3/h4-13,27H,1-3H3. The molecule has 10 heteroatoms. The molecule has 1 N–H and O–H groups in total. The predicted molar refractivity (Wildman–Crippen MR) is 117 cm³/mol. The van der Waals surface area contributed by atoms with Crippen LogP contribution in [-0.4, -0.2) is 27.9 Å². The van der Waals surface area contributed by atoms with E-state index in [4.69, 9.17) is 4.74 Å². The first kappa shape index (κ1) is 21.4. The summed E-state index contributed by atoms with van der Waals surface area (Å²) in [6.45, 7) is 5.17. The van der Waals surface area contributed by atoms with E-state index in [1.165, 1.54) is 19.1 Å². The molecule has 0 aliphatic carbocycles. The first-order valence-electron chi connectivity index (χ1n) is 9.64. The van der Waals surface area contributed by atoms with E-state index in [2.05, 4.69) is 19.7 Å². The second kappa shape index (κ2) is 8.39. The molecule has 0 radical (unpaired) electrons. The van der Waals surface area contributed by atoms with Gasteiger partial charge in [-0.2, -0.15) is 4.98 Å². The van der Waals surface area contributed by atoms with Crippen LogP contribution in [0, 0.1) is 26.6 Å². The lowest BCUT2D eigenvalue weighted by Gasteiger charge is -2.12. The maximum atomic E-state index is 13.3. The normalized spacial score (nSPS) is 11.4. The number of anilines is 1. The SMILES string of the molecule is Cc1nc(Oc2ccc(NS(=O)(=O)c3ccc(F)cc3C)cc2)cc(-n2ccnc2C)n1. The summed E-state index contributed by atoms with van der Waals surface area (Å²) in [5.41, 5.74) is 0.662. The van der Waals surface area contributed by atoms with Gasteiger partial charge in [-0.1, -0.05) is 0 Å². The second-order valence-electron chi connectivity index (χ2n) is 7.10. The predicted octanol–water partition coefficient (Wildman–Crippen LogP) is 4.32. The number of ether oxygens (including phenoxy) is 1. The van der Waals surface area contributed by atoms with Crippen molar-refractivity contribution in [2.75, 3.05) is 4.72 Å². The van der Waals surface area contributed by atoms with Crippen molar-refractivity contribution < 1.29 is 17.5 Å². The van der Waals surface area contributed by atoms with Crippen molar-refractivity contribution in [1.29, 1.82) is 0 Å². The summed E-state index contributed by atoms with van der Waals surface area (Å²) in [5.74, 6) is 2.26. The Bertz CT molecular complexity index is 1390. The zero-order valence-electron chi connectivity index (χ0n) is 17.6. The van der Waals surface area contributed by atoms with Gasteiger partial charge in [-0.05, 0) is 68.8 Å². The number of hydrogen-bond acceptors (Lipinski definition) is 6. The summed E-state index contributed by atoms with van der Waals surface area (Å²) in [6.07, 6.45) is 3.48. The van der Waals surface area contributed by atoms with Crippen LogP contribution in [0.3, 0.4) is 0 Å². The van der Waals surface area contributed by atoms with Gasteiger partial charge in [0.2, 0.25) is 5.88 Å². The van der Waals surface area contributed by atoms with Crippen molar-refractivity contribution in [3.63, 3.8) is 0 Å². The number of nitrogens with one attached hydrogen (secondary N) is 1. The van der Waals surface area contributed by atoms with Crippen molar-refractivity contribution in [3.05, 3.63) is 84.0 Å². The minimum atomic E-state index is -3.86. The lowest BCUT2D eigenvalue weighted by molar-refractivity contribution is 0.459. The molecule has 0 aliphatic heterocycles. The van der Waals surface area contributed by atoms with Gasteiger partial charge in [0.25, 0.3) is 10.0 Å². The Labute approximate surface area is 184 Å². The zero-order chi connectivity index (χ0) is 22.9. The Hall–Kier alpha value is -3.79. The maximum Gasteiger partial charge on any atom is 0.262 e. The van der Waals surface area contributed by atoms with Gasteiger partial charge in [0.05, 0.1) is 4.90 Å². The number of nitrogens with zero attached hydrogens (tertiary/aromatic N) is 4. The van der Waals surface area contributed by atoms with Gasteiger partial charge in [0.1, 0.15) is 29.0 Å². The van der Waals surface area contributed by atoms with Crippen molar-refractivity contribution in [1.82, 2.24) is 19.5 Å². The van der Waals surface area contributed by atoms with E-state index in [0.29, 0.717) is 34.5 Å². The molecule has 0 atom stereocenters. The van der Waals surface area contributed by atoms with Gasteiger partial charge in [-0.25, -0.2) is 22.8 Å². The van der Waals surface area contributed by atoms with Crippen LogP contribution in [0.15, 0.2) is 65.8 Å². The summed E-state index contributed by atoms with van der Waals surface area (Å²) in [4.78, 5) is 12.9. The molecule has 0 saturated carbocycles. The number of rotatable bonds is 6. The lowest BCUT2D eigenvalue weighted by Crippen LogP contribution is -2.14. The van der Waals surface area contributed by atoms with Crippen LogP contribution >= 0.6 is 0 Å². The van der Waals surface area contributed by atoms with Gasteiger partial charge in [-0.15, -0.1) is 0 Å². The Morgan fingerprint density at radius 2 is 1.75 bits per heavy atom. The summed E-state index contributed by atoms with van der Waals surface area (Å²) in [7, 11) is -3.86. The Balaban J connectivity index is 1.52. The number of hydrogen-bond donors (Lipinski definition) is 1. The van der Waals surface area contributed by atoms with E-state index in [9.17, 15) is 12.8 Å². The quantitative estimate of drug-likeness (QED) is 0.467. The van der Waals surface area contributed by atoms with Crippen LogP contribution in [0.1, 0.15) is 17.2 Å². The van der Waals surface area contributed by atoms with E-state index < -0.39 is 15.8 Å². The van der Waals surface area contributed by atoms with E-state index in [0.717, 1.165) is 11.9 Å². The first-order valence-corrected chi connectivity index (χ1v) is 11.1. The second-order valence-corrected chi connectivity index (χ2v) is 8.75. The van der Waals surface area contributed by atoms with Gasteiger partial charge in [-0.3, -0.25) is 9.29 Å². The molecule has 0 saturated heterocycles. The van der Waals surface area contributed by atoms with Gasteiger partial charge in [0, 0.05) is 24.1 Å². The summed E-state index contributed by atoms with van der Waals surface area (Å²) >= 11 is 0. The number of benzene rings is 2. The number of sulfonamides is 1. The number of aryl methyl sites for hydroxylation is 3. The van der Waals surface area contributed by atoms with Crippen LogP contribution < -0.4 is 9.46 Å². The fourth-order valence-corrected chi connectivity index (χ4v) is 4.44. The highest BCUT2D eigenvalue weighted by atomic mass is 32.2. The zero-order valence-corrected chi connectivity index (χ0v) is 18.4. The number of aromatic nitrogens is 4. The lowest BCUT2D eigenvalue weighted by atomic mass is 10.2. The summed E-state index contributed by atoms with van der Waals surface area (Å²) in [5, 5.41) is 0. The molecule has 32 heavy (non-hydrogen) atoms. The van der Waals surface area contributed by atoms with Crippen LogP contribution in [0.25, 0.3) is 5.82 Å². The third kappa shape index (κ3) is 4.59. The summed E-state index contributed by atoms with van der Waals surface area (Å²) < 4.78 is 48.7. The Morgan fingerprint density at radius 3 is 2.41 bits per heavy atom. The van der Waals surface area contributed by atoms with Crippen molar-refractivity contribution in [2.45, 2.75) is 25.7 Å². The highest BCUT2D eigenvalue weighted by Gasteiger charge is 2.17. The molecular formula is C22H20FN5O3S. The maximum absolute atomic E-state index is 13.3. The third-order valence-corrected chi connectivity index (χ3v) is 6.17. The fraction of sp³-hybridized carbons (Fsp3) is 0.136. The molecule has 4 aromatic rings. The molecule has 2 aromatic carbocycles. The molecular weight excluding hydrogens is 433 g/mol. The molecule has 8 nitrogen and oxygen atoms in total. The number of halogens is 1. The molecule has 0 unspecified atom stereocenters. The molecule has 2 heterocycles. The highest BCUT2D eigenvalue weighted by Crippen LogP contribution is 2.25. The molecule has 0 spiro atoms. The number of imidazole rings is 1. The topological polar surface area (TPSA) is 99.0 Å². The highest BCUT2D eigenvalue weighted by molar-refractivity contribution is 7.92. The van der Waals surface area contributed by atoms with Gasteiger partial charge >= 0.3 is 0 Å². The fourth-order valence-electron chi connectivity index (χ4n) is 3.16. The molecule has 0 fully saturated rings. The third-order valence-electron chi connectivity index (χ3n) is 4.63. The monoisotopic (exact) mass is 453 g/mol. The first-order chi connectivity index (χ1) is 15.2. The van der Waals surface area contributed by atoms with Crippen LogP contribution in [0.4, 0.5) is 10.1 Å². The molecule has 0 aliphatic rings. The molecule has 4 rings (SSSR count).